The van der Waals surface area contributed by atoms with E-state index in [4.69, 9.17) is 10.5 Å². The Balaban J connectivity index is 1.69. The van der Waals surface area contributed by atoms with Gasteiger partial charge in [0.15, 0.2) is 0 Å². The molecule has 3 rings (SSSR count). The second-order valence-electron chi connectivity index (χ2n) is 5.13. The topological polar surface area (TPSA) is 90.0 Å². The molecule has 116 valence electrons. The summed E-state index contributed by atoms with van der Waals surface area (Å²) in [6.45, 7) is 1.53. The van der Waals surface area contributed by atoms with Gasteiger partial charge in [-0.05, 0) is 18.9 Å². The summed E-state index contributed by atoms with van der Waals surface area (Å²) < 4.78 is 18.3. The van der Waals surface area contributed by atoms with E-state index in [2.05, 4.69) is 19.9 Å². The molecule has 7 nitrogen and oxygen atoms in total. The average Bonchev–Trinajstić information content (AvgIpc) is 2.55. The van der Waals surface area contributed by atoms with E-state index >= 15 is 0 Å². The number of hydrogen-bond donors (Lipinski definition) is 1. The van der Waals surface area contributed by atoms with Crippen LogP contribution < -0.4 is 15.4 Å². The van der Waals surface area contributed by atoms with Crippen LogP contribution in [-0.2, 0) is 0 Å². The van der Waals surface area contributed by atoms with E-state index in [0.717, 1.165) is 37.8 Å². The molecule has 0 saturated carbocycles. The molecule has 22 heavy (non-hydrogen) atoms. The lowest BCUT2D eigenvalue weighted by atomic mass is 9.93. The standard InChI is InChI=1S/C14H17FN6O/c1-22-12-10(15)8-18-14(20-12)21-6-3-9(4-7-21)11-2-5-17-13(16)19-11/h2,5,8-9H,3-4,6-7H2,1H3,(H2,16,17,19). The molecule has 1 aliphatic rings. The number of methoxy groups -OCH3 is 1. The maximum Gasteiger partial charge on any atom is 0.255 e. The first-order valence-electron chi connectivity index (χ1n) is 7.07. The zero-order chi connectivity index (χ0) is 15.5. The third kappa shape index (κ3) is 2.90. The lowest BCUT2D eigenvalue weighted by Crippen LogP contribution is -2.34. The summed E-state index contributed by atoms with van der Waals surface area (Å²) in [5, 5.41) is 0. The first-order chi connectivity index (χ1) is 10.7. The van der Waals surface area contributed by atoms with Gasteiger partial charge in [-0.1, -0.05) is 0 Å². The number of nitrogens with two attached hydrogens (primary N) is 1. The molecule has 0 bridgehead atoms. The largest absolute Gasteiger partial charge is 0.479 e. The molecule has 2 N–H and O–H groups in total. The summed E-state index contributed by atoms with van der Waals surface area (Å²) in [4.78, 5) is 18.3. The number of nitrogen functional groups attached to an aromatic ring is 1. The van der Waals surface area contributed by atoms with E-state index in [1.54, 1.807) is 6.20 Å². The quantitative estimate of drug-likeness (QED) is 0.916. The highest BCUT2D eigenvalue weighted by atomic mass is 19.1. The summed E-state index contributed by atoms with van der Waals surface area (Å²) in [5.41, 5.74) is 6.59. The Morgan fingerprint density at radius 1 is 1.27 bits per heavy atom. The fourth-order valence-electron chi connectivity index (χ4n) is 2.63. The van der Waals surface area contributed by atoms with Crippen molar-refractivity contribution in [3.8, 4) is 5.88 Å². The van der Waals surface area contributed by atoms with Crippen LogP contribution in [-0.4, -0.2) is 40.1 Å². The minimum absolute atomic E-state index is 0.0318. The zero-order valence-corrected chi connectivity index (χ0v) is 12.2. The monoisotopic (exact) mass is 304 g/mol. The Bertz CT molecular complexity index is 660. The normalized spacial score (nSPS) is 15.8. The van der Waals surface area contributed by atoms with Gasteiger partial charge in [-0.15, -0.1) is 0 Å². The molecule has 2 aromatic rings. The molecule has 0 radical (unpaired) electrons. The highest BCUT2D eigenvalue weighted by Crippen LogP contribution is 2.29. The molecule has 0 aliphatic carbocycles. The van der Waals surface area contributed by atoms with Gasteiger partial charge in [-0.25, -0.2) is 15.0 Å². The van der Waals surface area contributed by atoms with Gasteiger partial charge in [0.1, 0.15) is 0 Å². The van der Waals surface area contributed by atoms with Gasteiger partial charge in [0.05, 0.1) is 13.3 Å². The number of rotatable bonds is 3. The Labute approximate surface area is 127 Å². The average molecular weight is 304 g/mol. The third-order valence-electron chi connectivity index (χ3n) is 3.78. The number of aromatic nitrogens is 4. The molecule has 8 heteroatoms. The van der Waals surface area contributed by atoms with Crippen molar-refractivity contribution in [1.82, 2.24) is 19.9 Å². The van der Waals surface area contributed by atoms with Gasteiger partial charge in [-0.3, -0.25) is 0 Å². The van der Waals surface area contributed by atoms with Crippen LogP contribution in [0.3, 0.4) is 0 Å². The van der Waals surface area contributed by atoms with Crippen molar-refractivity contribution < 1.29 is 9.13 Å². The molecule has 0 aromatic carbocycles. The number of anilines is 2. The molecule has 3 heterocycles. The smallest absolute Gasteiger partial charge is 0.255 e. The van der Waals surface area contributed by atoms with Gasteiger partial charge in [-0.2, -0.15) is 9.37 Å². The second kappa shape index (κ2) is 6.08. The van der Waals surface area contributed by atoms with Crippen molar-refractivity contribution in [2.24, 2.45) is 0 Å². The Hall–Kier alpha value is -2.51. The van der Waals surface area contributed by atoms with E-state index in [-0.39, 0.29) is 5.88 Å². The molecule has 0 amide bonds. The van der Waals surface area contributed by atoms with E-state index in [1.165, 1.54) is 7.11 Å². The molecular formula is C14H17FN6O. The maximum atomic E-state index is 13.4. The molecule has 1 aliphatic heterocycles. The van der Waals surface area contributed by atoms with Crippen LogP contribution in [0, 0.1) is 5.82 Å². The van der Waals surface area contributed by atoms with E-state index in [0.29, 0.717) is 17.8 Å². The van der Waals surface area contributed by atoms with E-state index in [9.17, 15) is 4.39 Å². The van der Waals surface area contributed by atoms with Crippen LogP contribution in [0.2, 0.25) is 0 Å². The fourth-order valence-corrected chi connectivity index (χ4v) is 2.63. The van der Waals surface area contributed by atoms with Gasteiger partial charge in [0.25, 0.3) is 5.88 Å². The molecule has 1 saturated heterocycles. The van der Waals surface area contributed by atoms with Crippen LogP contribution in [0.5, 0.6) is 5.88 Å². The van der Waals surface area contributed by atoms with Gasteiger partial charge in [0, 0.05) is 30.9 Å². The fraction of sp³-hybridized carbons (Fsp3) is 0.429. The van der Waals surface area contributed by atoms with E-state index in [1.807, 2.05) is 11.0 Å². The molecule has 0 spiro atoms. The molecule has 2 aromatic heterocycles. The third-order valence-corrected chi connectivity index (χ3v) is 3.78. The first kappa shape index (κ1) is 14.4. The van der Waals surface area contributed by atoms with Crippen LogP contribution in [0.1, 0.15) is 24.5 Å². The Morgan fingerprint density at radius 3 is 2.73 bits per heavy atom. The summed E-state index contributed by atoms with van der Waals surface area (Å²) >= 11 is 0. The number of piperidine rings is 1. The van der Waals surface area contributed by atoms with Crippen LogP contribution >= 0.6 is 0 Å². The van der Waals surface area contributed by atoms with Crippen molar-refractivity contribution in [2.75, 3.05) is 30.8 Å². The van der Waals surface area contributed by atoms with E-state index < -0.39 is 5.82 Å². The highest BCUT2D eigenvalue weighted by molar-refractivity contribution is 5.34. The number of halogens is 1. The predicted molar refractivity (Wildman–Crippen MR) is 79.2 cm³/mol. The van der Waals surface area contributed by atoms with Gasteiger partial charge < -0.3 is 15.4 Å². The minimum Gasteiger partial charge on any atom is -0.479 e. The molecule has 0 unspecified atom stereocenters. The SMILES string of the molecule is COc1nc(N2CCC(c3ccnc(N)n3)CC2)ncc1F. The Morgan fingerprint density at radius 2 is 2.05 bits per heavy atom. The summed E-state index contributed by atoms with van der Waals surface area (Å²) in [5.74, 6) is 0.530. The maximum absolute atomic E-state index is 13.4. The van der Waals surface area contributed by atoms with Gasteiger partial charge in [0.2, 0.25) is 17.7 Å². The summed E-state index contributed by atoms with van der Waals surface area (Å²) in [6.07, 6.45) is 4.62. The number of ether oxygens (including phenoxy) is 1. The Kier molecular flexibility index (Phi) is 3.99. The van der Waals surface area contributed by atoms with Crippen molar-refractivity contribution in [1.29, 1.82) is 0 Å². The zero-order valence-electron chi connectivity index (χ0n) is 12.2. The summed E-state index contributed by atoms with van der Waals surface area (Å²) in [6, 6.07) is 1.90. The first-order valence-corrected chi connectivity index (χ1v) is 7.07. The van der Waals surface area contributed by atoms with Gasteiger partial charge >= 0.3 is 0 Å². The van der Waals surface area contributed by atoms with Crippen molar-refractivity contribution in [3.05, 3.63) is 30.0 Å². The highest BCUT2D eigenvalue weighted by Gasteiger charge is 2.24. The second-order valence-corrected chi connectivity index (χ2v) is 5.13. The lowest BCUT2D eigenvalue weighted by Gasteiger charge is -2.31. The molecule has 0 atom stereocenters. The predicted octanol–water partition coefficient (Wildman–Crippen LogP) is 1.38. The van der Waals surface area contributed by atoms with Crippen molar-refractivity contribution in [3.63, 3.8) is 0 Å². The van der Waals surface area contributed by atoms with Crippen LogP contribution in [0.25, 0.3) is 0 Å². The minimum atomic E-state index is -0.558. The van der Waals surface area contributed by atoms with Crippen LogP contribution in [0.4, 0.5) is 16.3 Å². The number of hydrogen-bond acceptors (Lipinski definition) is 7. The summed E-state index contributed by atoms with van der Waals surface area (Å²) in [7, 11) is 1.39. The molecular weight excluding hydrogens is 287 g/mol. The number of nitrogens with zero attached hydrogens (tertiary/aromatic N) is 5. The van der Waals surface area contributed by atoms with Crippen LogP contribution in [0.15, 0.2) is 18.5 Å². The lowest BCUT2D eigenvalue weighted by molar-refractivity contribution is 0.366. The van der Waals surface area contributed by atoms with Crippen molar-refractivity contribution >= 4 is 11.9 Å². The van der Waals surface area contributed by atoms with Crippen molar-refractivity contribution in [2.45, 2.75) is 18.8 Å². The molecule has 1 fully saturated rings.